The second-order valence-electron chi connectivity index (χ2n) is 3.98. The molecule has 1 aromatic heterocycles. The van der Waals surface area contributed by atoms with Crippen LogP contribution in [0.2, 0.25) is 0 Å². The van der Waals surface area contributed by atoms with Crippen LogP contribution in [0.3, 0.4) is 0 Å². The molecule has 15 heavy (non-hydrogen) atoms. The summed E-state index contributed by atoms with van der Waals surface area (Å²) < 4.78 is 7.40. The van der Waals surface area contributed by atoms with E-state index in [9.17, 15) is 4.79 Å². The molecule has 4 nitrogen and oxygen atoms in total. The van der Waals surface area contributed by atoms with E-state index in [0.29, 0.717) is 18.2 Å². The van der Waals surface area contributed by atoms with Crippen LogP contribution in [-0.2, 0) is 4.74 Å². The van der Waals surface area contributed by atoms with Crippen molar-refractivity contribution in [2.24, 2.45) is 0 Å². The minimum Gasteiger partial charge on any atom is -0.478 e. The number of hydrogen-bond donors (Lipinski definition) is 1. The maximum absolute atomic E-state index is 11.0. The number of carbonyl (C=O) groups is 1. The summed E-state index contributed by atoms with van der Waals surface area (Å²) in [6.45, 7) is 5.26. The molecule has 0 aromatic carbocycles. The Morgan fingerprint density at radius 2 is 2.33 bits per heavy atom. The van der Waals surface area contributed by atoms with E-state index in [4.69, 9.17) is 9.84 Å². The minimum absolute atomic E-state index is 0.304. The number of hydrogen-bond acceptors (Lipinski definition) is 2. The lowest BCUT2D eigenvalue weighted by molar-refractivity contribution is 0.0696. The normalized spacial score (nSPS) is 20.8. The largest absolute Gasteiger partial charge is 0.478 e. The highest BCUT2D eigenvalue weighted by atomic mass is 16.5. The lowest BCUT2D eigenvalue weighted by atomic mass is 10.2. The summed E-state index contributed by atoms with van der Waals surface area (Å²) in [6.07, 6.45) is 0.968. The smallest absolute Gasteiger partial charge is 0.337 e. The number of aromatic nitrogens is 1. The quantitative estimate of drug-likeness (QED) is 0.807. The van der Waals surface area contributed by atoms with Gasteiger partial charge in [-0.05, 0) is 26.3 Å². The number of ether oxygens (including phenoxy) is 1. The van der Waals surface area contributed by atoms with Gasteiger partial charge in [0.15, 0.2) is 0 Å². The molecule has 1 aliphatic rings. The predicted molar refractivity (Wildman–Crippen MR) is 55.3 cm³/mol. The first-order chi connectivity index (χ1) is 7.11. The van der Waals surface area contributed by atoms with Crippen LogP contribution in [0.4, 0.5) is 0 Å². The van der Waals surface area contributed by atoms with E-state index in [2.05, 4.69) is 4.57 Å². The fourth-order valence-corrected chi connectivity index (χ4v) is 2.28. The van der Waals surface area contributed by atoms with E-state index in [-0.39, 0.29) is 0 Å². The van der Waals surface area contributed by atoms with Crippen LogP contribution >= 0.6 is 0 Å². The second kappa shape index (κ2) is 3.70. The van der Waals surface area contributed by atoms with Gasteiger partial charge in [0.2, 0.25) is 0 Å². The Morgan fingerprint density at radius 3 is 2.80 bits per heavy atom. The van der Waals surface area contributed by atoms with Gasteiger partial charge in [0.1, 0.15) is 0 Å². The molecule has 0 aliphatic carbocycles. The number of nitrogens with zero attached hydrogens (tertiary/aromatic N) is 1. The Morgan fingerprint density at radius 1 is 1.60 bits per heavy atom. The molecule has 1 aliphatic heterocycles. The van der Waals surface area contributed by atoms with Gasteiger partial charge in [-0.15, -0.1) is 0 Å². The van der Waals surface area contributed by atoms with Crippen molar-refractivity contribution in [2.75, 3.05) is 13.2 Å². The molecular formula is C11H15NO3. The Kier molecular flexibility index (Phi) is 2.52. The Balaban J connectivity index is 2.42. The van der Waals surface area contributed by atoms with Crippen molar-refractivity contribution in [3.05, 3.63) is 23.0 Å². The van der Waals surface area contributed by atoms with Crippen molar-refractivity contribution in [1.29, 1.82) is 0 Å². The fourth-order valence-electron chi connectivity index (χ4n) is 2.28. The molecule has 82 valence electrons. The van der Waals surface area contributed by atoms with Crippen molar-refractivity contribution >= 4 is 5.97 Å². The van der Waals surface area contributed by atoms with Gasteiger partial charge in [0.25, 0.3) is 0 Å². The molecule has 1 saturated heterocycles. The molecule has 1 aromatic rings. The third kappa shape index (κ3) is 1.65. The number of aryl methyl sites for hydroxylation is 1. The molecule has 1 N–H and O–H groups in total. The average molecular weight is 209 g/mol. The molecule has 0 unspecified atom stereocenters. The highest BCUT2D eigenvalue weighted by Gasteiger charge is 2.23. The van der Waals surface area contributed by atoms with Crippen molar-refractivity contribution < 1.29 is 14.6 Å². The van der Waals surface area contributed by atoms with Crippen LogP contribution < -0.4 is 0 Å². The van der Waals surface area contributed by atoms with Crippen LogP contribution in [0.5, 0.6) is 0 Å². The Bertz CT molecular complexity index is 389. The monoisotopic (exact) mass is 209 g/mol. The summed E-state index contributed by atoms with van der Waals surface area (Å²) >= 11 is 0. The van der Waals surface area contributed by atoms with E-state index < -0.39 is 5.97 Å². The molecule has 0 radical (unpaired) electrons. The zero-order valence-electron chi connectivity index (χ0n) is 8.99. The van der Waals surface area contributed by atoms with Crippen LogP contribution in [0.25, 0.3) is 0 Å². The first-order valence-corrected chi connectivity index (χ1v) is 5.10. The molecule has 2 heterocycles. The third-order valence-corrected chi connectivity index (χ3v) is 2.99. The van der Waals surface area contributed by atoms with Gasteiger partial charge >= 0.3 is 5.97 Å². The second-order valence-corrected chi connectivity index (χ2v) is 3.98. The molecule has 1 atom stereocenters. The van der Waals surface area contributed by atoms with Crippen LogP contribution in [-0.4, -0.2) is 28.9 Å². The molecule has 1 fully saturated rings. The van der Waals surface area contributed by atoms with Gasteiger partial charge in [-0.3, -0.25) is 0 Å². The van der Waals surface area contributed by atoms with Crippen molar-refractivity contribution in [1.82, 2.24) is 4.57 Å². The number of aromatic carboxylic acids is 1. The van der Waals surface area contributed by atoms with E-state index in [0.717, 1.165) is 24.4 Å². The van der Waals surface area contributed by atoms with Crippen molar-refractivity contribution in [2.45, 2.75) is 26.3 Å². The Labute approximate surface area is 88.5 Å². The first kappa shape index (κ1) is 10.2. The predicted octanol–water partition coefficient (Wildman–Crippen LogP) is 1.76. The van der Waals surface area contributed by atoms with Gasteiger partial charge in [0.05, 0.1) is 18.2 Å². The lowest BCUT2D eigenvalue weighted by Gasteiger charge is -2.15. The molecule has 0 spiro atoms. The average Bonchev–Trinajstić information content (AvgIpc) is 2.73. The molecule has 0 amide bonds. The molecule has 0 saturated carbocycles. The fraction of sp³-hybridized carbons (Fsp3) is 0.545. The summed E-state index contributed by atoms with van der Waals surface area (Å²) in [4.78, 5) is 11.0. The maximum atomic E-state index is 11.0. The molecule has 0 bridgehead atoms. The van der Waals surface area contributed by atoms with Gasteiger partial charge in [-0.25, -0.2) is 4.79 Å². The minimum atomic E-state index is -0.853. The zero-order valence-corrected chi connectivity index (χ0v) is 8.99. The van der Waals surface area contributed by atoms with Crippen LogP contribution in [0.1, 0.15) is 34.2 Å². The van der Waals surface area contributed by atoms with Crippen molar-refractivity contribution in [3.8, 4) is 0 Å². The molecule has 2 rings (SSSR count). The summed E-state index contributed by atoms with van der Waals surface area (Å²) in [5, 5.41) is 9.00. The van der Waals surface area contributed by atoms with E-state index in [1.165, 1.54) is 0 Å². The first-order valence-electron chi connectivity index (χ1n) is 5.10. The highest BCUT2D eigenvalue weighted by molar-refractivity contribution is 5.89. The summed E-state index contributed by atoms with van der Waals surface area (Å²) in [5.41, 5.74) is 2.23. The van der Waals surface area contributed by atoms with Gasteiger partial charge in [-0.2, -0.15) is 0 Å². The summed E-state index contributed by atoms with van der Waals surface area (Å²) in [5.74, 6) is -0.853. The zero-order chi connectivity index (χ0) is 11.0. The maximum Gasteiger partial charge on any atom is 0.337 e. The number of carboxylic acids is 1. The number of carboxylic acid groups (broad SMARTS) is 1. The van der Waals surface area contributed by atoms with Gasteiger partial charge < -0.3 is 14.4 Å². The summed E-state index contributed by atoms with van der Waals surface area (Å²) in [6, 6.07) is 2.04. The van der Waals surface area contributed by atoms with E-state index in [1.54, 1.807) is 6.07 Å². The SMILES string of the molecule is Cc1cc(C(=O)O)c(C)n1[C@H]1CCOC1. The molecular weight excluding hydrogens is 194 g/mol. The van der Waals surface area contributed by atoms with Crippen LogP contribution in [0.15, 0.2) is 6.07 Å². The van der Waals surface area contributed by atoms with E-state index in [1.807, 2.05) is 13.8 Å². The lowest BCUT2D eigenvalue weighted by Crippen LogP contribution is -2.12. The topological polar surface area (TPSA) is 51.5 Å². The third-order valence-electron chi connectivity index (χ3n) is 2.99. The summed E-state index contributed by atoms with van der Waals surface area (Å²) in [7, 11) is 0. The van der Waals surface area contributed by atoms with Gasteiger partial charge in [0, 0.05) is 18.0 Å². The Hall–Kier alpha value is -1.29. The van der Waals surface area contributed by atoms with Gasteiger partial charge in [-0.1, -0.05) is 0 Å². The molecule has 4 heteroatoms. The number of rotatable bonds is 2. The standard InChI is InChI=1S/C11H15NO3/c1-7-5-10(11(13)14)8(2)12(7)9-3-4-15-6-9/h5,9H,3-4,6H2,1-2H3,(H,13,14)/t9-/m0/s1. The van der Waals surface area contributed by atoms with Crippen LogP contribution in [0, 0.1) is 13.8 Å². The van der Waals surface area contributed by atoms with Crippen molar-refractivity contribution in [3.63, 3.8) is 0 Å². The van der Waals surface area contributed by atoms with E-state index >= 15 is 0 Å². The highest BCUT2D eigenvalue weighted by Crippen LogP contribution is 2.26.